The summed E-state index contributed by atoms with van der Waals surface area (Å²) in [5.41, 5.74) is 9.94. The molecule has 9 aromatic rings. The fraction of sp³-hybridized carbons (Fsp3) is 0. The van der Waals surface area contributed by atoms with Crippen LogP contribution in [0.15, 0.2) is 164 Å². The van der Waals surface area contributed by atoms with Crippen molar-refractivity contribution in [2.24, 2.45) is 0 Å². The lowest BCUT2D eigenvalue weighted by atomic mass is 9.85. The topological polar surface area (TPSA) is 52.5 Å². The van der Waals surface area contributed by atoms with Gasteiger partial charge in [0.2, 0.25) is 0 Å². The third kappa shape index (κ3) is 4.42. The fourth-order valence-electron chi connectivity index (χ4n) is 7.57. The number of nitrogens with zero attached hydrogens (tertiary/aromatic N) is 3. The first-order chi connectivity index (χ1) is 24.2. The number of nitriles is 2. The lowest BCUT2D eigenvalue weighted by molar-refractivity contribution is 1.16. The van der Waals surface area contributed by atoms with E-state index in [1.54, 1.807) is 0 Å². The Labute approximate surface area is 283 Å². The SMILES string of the molecule is N#Cc1cc(-n2c3ccccc3c3ccccc32)c(C#N)cc1-c1cccc(-c2c3ccccc3c(-c3ccccc3)c3ccccc23)c1. The zero-order valence-corrected chi connectivity index (χ0v) is 26.4. The number of benzene rings is 8. The van der Waals surface area contributed by atoms with E-state index < -0.39 is 0 Å². The number of rotatable bonds is 4. The highest BCUT2D eigenvalue weighted by Gasteiger charge is 2.20. The van der Waals surface area contributed by atoms with Crippen LogP contribution in [0.3, 0.4) is 0 Å². The minimum absolute atomic E-state index is 0.508. The Morgan fingerprint density at radius 3 is 1.37 bits per heavy atom. The van der Waals surface area contributed by atoms with E-state index >= 15 is 0 Å². The molecule has 0 aliphatic rings. The Morgan fingerprint density at radius 2 is 0.816 bits per heavy atom. The Kier molecular flexibility index (Phi) is 6.58. The summed E-state index contributed by atoms with van der Waals surface area (Å²) in [5, 5.41) is 28.0. The normalized spacial score (nSPS) is 11.2. The van der Waals surface area contributed by atoms with Crippen LogP contribution in [0.1, 0.15) is 11.1 Å². The molecular formula is C46H27N3. The Morgan fingerprint density at radius 1 is 0.367 bits per heavy atom. The Balaban J connectivity index is 1.27. The third-order valence-corrected chi connectivity index (χ3v) is 9.65. The summed E-state index contributed by atoms with van der Waals surface area (Å²) in [4.78, 5) is 0. The van der Waals surface area contributed by atoms with Crippen LogP contribution in [0.4, 0.5) is 0 Å². The Hall–Kier alpha value is -6.94. The van der Waals surface area contributed by atoms with Gasteiger partial charge in [-0.15, -0.1) is 0 Å². The highest BCUT2D eigenvalue weighted by Crippen LogP contribution is 2.44. The first-order valence-electron chi connectivity index (χ1n) is 16.3. The largest absolute Gasteiger partial charge is 0.308 e. The molecule has 0 N–H and O–H groups in total. The minimum Gasteiger partial charge on any atom is -0.308 e. The minimum atomic E-state index is 0.508. The number of fused-ring (bicyclic) bond motifs is 5. The van der Waals surface area contributed by atoms with Crippen LogP contribution < -0.4 is 0 Å². The van der Waals surface area contributed by atoms with E-state index in [0.29, 0.717) is 16.8 Å². The number of hydrogen-bond donors (Lipinski definition) is 0. The van der Waals surface area contributed by atoms with Crippen molar-refractivity contribution in [3.8, 4) is 51.2 Å². The average molecular weight is 622 g/mol. The monoisotopic (exact) mass is 621 g/mol. The summed E-state index contributed by atoms with van der Waals surface area (Å²) in [6.45, 7) is 0. The number of aromatic nitrogens is 1. The van der Waals surface area contributed by atoms with Gasteiger partial charge in [-0.3, -0.25) is 0 Å². The predicted octanol–water partition coefficient (Wildman–Crippen LogP) is 11.8. The second-order valence-corrected chi connectivity index (χ2v) is 12.3. The Bertz CT molecular complexity index is 2740. The highest BCUT2D eigenvalue weighted by molar-refractivity contribution is 6.21. The smallest absolute Gasteiger partial charge is 0.101 e. The van der Waals surface area contributed by atoms with E-state index in [-0.39, 0.29) is 0 Å². The van der Waals surface area contributed by atoms with Gasteiger partial charge < -0.3 is 4.57 Å². The molecule has 0 amide bonds. The van der Waals surface area contributed by atoms with Gasteiger partial charge in [0, 0.05) is 16.3 Å². The molecule has 1 aromatic heterocycles. The van der Waals surface area contributed by atoms with Crippen molar-refractivity contribution in [2.45, 2.75) is 0 Å². The predicted molar refractivity (Wildman–Crippen MR) is 202 cm³/mol. The van der Waals surface area contributed by atoms with E-state index in [4.69, 9.17) is 0 Å². The number of para-hydroxylation sites is 2. The van der Waals surface area contributed by atoms with E-state index in [1.165, 1.54) is 21.9 Å². The molecule has 0 fully saturated rings. The second kappa shape index (κ2) is 11.4. The summed E-state index contributed by atoms with van der Waals surface area (Å²) in [6, 6.07) is 61.3. The van der Waals surface area contributed by atoms with Crippen molar-refractivity contribution in [3.63, 3.8) is 0 Å². The van der Waals surface area contributed by atoms with Gasteiger partial charge in [0.1, 0.15) is 6.07 Å². The molecule has 0 atom stereocenters. The van der Waals surface area contributed by atoms with Crippen LogP contribution in [0.5, 0.6) is 0 Å². The highest BCUT2D eigenvalue weighted by atomic mass is 15.0. The van der Waals surface area contributed by atoms with Crippen molar-refractivity contribution in [1.82, 2.24) is 4.57 Å². The van der Waals surface area contributed by atoms with Gasteiger partial charge in [0.05, 0.1) is 33.9 Å². The molecule has 226 valence electrons. The van der Waals surface area contributed by atoms with Gasteiger partial charge in [-0.25, -0.2) is 0 Å². The molecule has 0 aliphatic carbocycles. The lowest BCUT2D eigenvalue weighted by Crippen LogP contribution is -2.00. The maximum atomic E-state index is 10.6. The van der Waals surface area contributed by atoms with Crippen LogP contribution in [-0.2, 0) is 0 Å². The van der Waals surface area contributed by atoms with E-state index in [1.807, 2.05) is 48.5 Å². The van der Waals surface area contributed by atoms with Gasteiger partial charge in [0.25, 0.3) is 0 Å². The first-order valence-corrected chi connectivity index (χ1v) is 16.3. The molecule has 1 heterocycles. The zero-order valence-electron chi connectivity index (χ0n) is 26.4. The van der Waals surface area contributed by atoms with Crippen molar-refractivity contribution in [3.05, 3.63) is 175 Å². The molecular weight excluding hydrogens is 595 g/mol. The van der Waals surface area contributed by atoms with Gasteiger partial charge in [-0.2, -0.15) is 10.5 Å². The van der Waals surface area contributed by atoms with E-state index in [2.05, 4.69) is 132 Å². The maximum Gasteiger partial charge on any atom is 0.101 e. The average Bonchev–Trinajstić information content (AvgIpc) is 3.51. The summed E-state index contributed by atoms with van der Waals surface area (Å²) in [7, 11) is 0. The van der Waals surface area contributed by atoms with Crippen LogP contribution >= 0.6 is 0 Å². The van der Waals surface area contributed by atoms with Crippen LogP contribution in [0, 0.1) is 22.7 Å². The standard InChI is InChI=1S/C46H27N3/c47-28-33-27-44(49-42-23-10-8-17-35(42)36-18-9-11-24-43(36)49)34(29-48)26-41(33)31-15-12-16-32(25-31)46-39-21-6-4-19-37(39)45(30-13-2-1-3-14-30)38-20-5-7-22-40(38)46/h1-27H. The van der Waals surface area contributed by atoms with Crippen LogP contribution in [0.25, 0.3) is 82.4 Å². The van der Waals surface area contributed by atoms with Crippen molar-refractivity contribution in [1.29, 1.82) is 10.5 Å². The maximum absolute atomic E-state index is 10.6. The second-order valence-electron chi connectivity index (χ2n) is 12.3. The molecule has 3 heteroatoms. The zero-order chi connectivity index (χ0) is 32.9. The van der Waals surface area contributed by atoms with E-state index in [0.717, 1.165) is 54.8 Å². The van der Waals surface area contributed by atoms with Gasteiger partial charge in [-0.05, 0) is 79.7 Å². The molecule has 0 aliphatic heterocycles. The molecule has 8 aromatic carbocycles. The summed E-state index contributed by atoms with van der Waals surface area (Å²) in [5.74, 6) is 0. The van der Waals surface area contributed by atoms with Gasteiger partial charge in [0.15, 0.2) is 0 Å². The van der Waals surface area contributed by atoms with Gasteiger partial charge in [-0.1, -0.05) is 133 Å². The molecule has 0 radical (unpaired) electrons. The summed E-state index contributed by atoms with van der Waals surface area (Å²) in [6.07, 6.45) is 0. The first kappa shape index (κ1) is 28.3. The van der Waals surface area contributed by atoms with Crippen molar-refractivity contribution >= 4 is 43.4 Å². The van der Waals surface area contributed by atoms with Crippen LogP contribution in [-0.4, -0.2) is 4.57 Å². The number of hydrogen-bond acceptors (Lipinski definition) is 2. The fourth-order valence-corrected chi connectivity index (χ4v) is 7.57. The molecule has 0 spiro atoms. The molecule has 9 rings (SSSR count). The van der Waals surface area contributed by atoms with Gasteiger partial charge >= 0.3 is 0 Å². The molecule has 0 saturated heterocycles. The molecule has 0 unspecified atom stereocenters. The van der Waals surface area contributed by atoms with Crippen LogP contribution in [0.2, 0.25) is 0 Å². The third-order valence-electron chi connectivity index (χ3n) is 9.65. The quantitative estimate of drug-likeness (QED) is 0.184. The molecule has 49 heavy (non-hydrogen) atoms. The molecule has 0 bridgehead atoms. The van der Waals surface area contributed by atoms with Crippen molar-refractivity contribution in [2.75, 3.05) is 0 Å². The van der Waals surface area contributed by atoms with E-state index in [9.17, 15) is 10.5 Å². The summed E-state index contributed by atoms with van der Waals surface area (Å²) < 4.78 is 2.11. The molecule has 0 saturated carbocycles. The summed E-state index contributed by atoms with van der Waals surface area (Å²) >= 11 is 0. The van der Waals surface area contributed by atoms with Crippen molar-refractivity contribution < 1.29 is 0 Å². The lowest BCUT2D eigenvalue weighted by Gasteiger charge is -2.18. The molecule has 3 nitrogen and oxygen atoms in total.